The molecule has 1 aliphatic carbocycles. The van der Waals surface area contributed by atoms with Gasteiger partial charge in [-0.1, -0.05) is 72.3 Å². The fourth-order valence-corrected chi connectivity index (χ4v) is 6.86. The molecular formula is C32H20ClN3O5. The first-order valence-corrected chi connectivity index (χ1v) is 13.4. The van der Waals surface area contributed by atoms with E-state index < -0.39 is 39.9 Å². The molecule has 3 atom stereocenters. The van der Waals surface area contributed by atoms with Crippen molar-refractivity contribution in [1.82, 2.24) is 5.01 Å². The van der Waals surface area contributed by atoms with Crippen molar-refractivity contribution >= 4 is 40.9 Å². The van der Waals surface area contributed by atoms with E-state index in [1.54, 1.807) is 59.8 Å². The van der Waals surface area contributed by atoms with Crippen LogP contribution in [0.1, 0.15) is 59.7 Å². The second kappa shape index (κ2) is 9.04. The summed E-state index contributed by atoms with van der Waals surface area (Å²) < 4.78 is 0. The van der Waals surface area contributed by atoms with Crippen molar-refractivity contribution in [3.05, 3.63) is 146 Å². The average molecular weight is 562 g/mol. The predicted octanol–water partition coefficient (Wildman–Crippen LogP) is 6.05. The van der Waals surface area contributed by atoms with Gasteiger partial charge in [0, 0.05) is 39.8 Å². The Morgan fingerprint density at radius 2 is 1.46 bits per heavy atom. The highest BCUT2D eigenvalue weighted by molar-refractivity contribution is 6.32. The van der Waals surface area contributed by atoms with Crippen molar-refractivity contribution in [2.24, 2.45) is 10.5 Å². The first kappa shape index (κ1) is 25.0. The van der Waals surface area contributed by atoms with E-state index in [1.165, 1.54) is 24.3 Å². The first-order chi connectivity index (χ1) is 19.8. The molecule has 2 aliphatic heterocycles. The largest absolute Gasteiger partial charge is 0.293 e. The molecule has 200 valence electrons. The number of nitro groups is 1. The minimum Gasteiger partial charge on any atom is -0.293 e. The van der Waals surface area contributed by atoms with Crippen molar-refractivity contribution in [2.75, 3.05) is 0 Å². The maximum absolute atomic E-state index is 14.7. The molecule has 9 heteroatoms. The average Bonchev–Trinajstić information content (AvgIpc) is 3.43. The summed E-state index contributed by atoms with van der Waals surface area (Å²) >= 11 is 6.11. The zero-order chi connectivity index (χ0) is 28.5. The number of hydrogen-bond donors (Lipinski definition) is 0. The van der Waals surface area contributed by atoms with Crippen molar-refractivity contribution in [2.45, 2.75) is 18.0 Å². The lowest BCUT2D eigenvalue weighted by Gasteiger charge is -2.36. The van der Waals surface area contributed by atoms with Gasteiger partial charge in [-0.15, -0.1) is 0 Å². The molecule has 0 amide bonds. The Kier molecular flexibility index (Phi) is 5.52. The summed E-state index contributed by atoms with van der Waals surface area (Å²) in [5.74, 6) is -2.14. The monoisotopic (exact) mass is 561 g/mol. The molecule has 0 N–H and O–H groups in total. The van der Waals surface area contributed by atoms with Crippen LogP contribution in [0.2, 0.25) is 5.02 Å². The number of non-ortho nitro benzene ring substituents is 1. The SMILES string of the molecule is O=C(c1ccc(Cl)cc1)[C@H]1[C@H](c2ccc([N+](=O)[O-])cc2)C2(C(=O)c3ccccc3C2=O)[C@@H]2c3ccccc3C=NN21. The molecule has 4 aromatic rings. The van der Waals surface area contributed by atoms with E-state index in [-0.39, 0.29) is 22.6 Å². The normalized spacial score (nSPS) is 21.5. The molecule has 0 saturated carbocycles. The van der Waals surface area contributed by atoms with Crippen LogP contribution in [0.15, 0.2) is 102 Å². The van der Waals surface area contributed by atoms with E-state index in [0.29, 0.717) is 21.7 Å². The number of nitrogens with zero attached hydrogens (tertiary/aromatic N) is 3. The fraction of sp³-hybridized carbons (Fsp3) is 0.125. The van der Waals surface area contributed by atoms with E-state index in [4.69, 9.17) is 16.7 Å². The molecule has 0 bridgehead atoms. The molecule has 1 saturated heterocycles. The van der Waals surface area contributed by atoms with Crippen LogP contribution in [0.5, 0.6) is 0 Å². The number of carbonyl (C=O) groups excluding carboxylic acids is 3. The summed E-state index contributed by atoms with van der Waals surface area (Å²) in [5.41, 5.74) is 0.926. The summed E-state index contributed by atoms with van der Waals surface area (Å²) in [6.45, 7) is 0. The van der Waals surface area contributed by atoms with Crippen molar-refractivity contribution in [3.63, 3.8) is 0 Å². The van der Waals surface area contributed by atoms with Crippen molar-refractivity contribution in [3.8, 4) is 0 Å². The van der Waals surface area contributed by atoms with E-state index >= 15 is 0 Å². The minimum atomic E-state index is -1.75. The summed E-state index contributed by atoms with van der Waals surface area (Å²) in [5, 5.41) is 18.2. The Bertz CT molecular complexity index is 1780. The van der Waals surface area contributed by atoms with Crippen molar-refractivity contribution < 1.29 is 19.3 Å². The van der Waals surface area contributed by atoms with E-state index in [1.807, 2.05) is 24.3 Å². The van der Waals surface area contributed by atoms with E-state index in [0.717, 1.165) is 5.56 Å². The molecule has 7 rings (SSSR count). The highest BCUT2D eigenvalue weighted by atomic mass is 35.5. The third-order valence-electron chi connectivity index (χ3n) is 8.44. The smallest absolute Gasteiger partial charge is 0.269 e. The summed E-state index contributed by atoms with van der Waals surface area (Å²) in [6.07, 6.45) is 1.64. The Labute approximate surface area is 239 Å². The second-order valence-corrected chi connectivity index (χ2v) is 10.8. The lowest BCUT2D eigenvalue weighted by Crippen LogP contribution is -2.43. The molecule has 1 fully saturated rings. The molecule has 2 heterocycles. The highest BCUT2D eigenvalue weighted by Gasteiger charge is 2.72. The van der Waals surface area contributed by atoms with Crippen LogP contribution in [-0.4, -0.2) is 39.5 Å². The van der Waals surface area contributed by atoms with Crippen LogP contribution >= 0.6 is 11.6 Å². The molecule has 0 unspecified atom stereocenters. The Balaban J connectivity index is 1.54. The van der Waals surface area contributed by atoms with Crippen LogP contribution in [-0.2, 0) is 0 Å². The number of Topliss-reactive ketones (excluding diaryl/α,β-unsaturated/α-hetero) is 3. The quantitative estimate of drug-likeness (QED) is 0.130. The van der Waals surface area contributed by atoms with Crippen LogP contribution < -0.4 is 0 Å². The fourth-order valence-electron chi connectivity index (χ4n) is 6.74. The number of benzene rings is 4. The van der Waals surface area contributed by atoms with Gasteiger partial charge in [0.2, 0.25) is 0 Å². The van der Waals surface area contributed by atoms with Crippen LogP contribution in [0.3, 0.4) is 0 Å². The van der Waals surface area contributed by atoms with E-state index in [2.05, 4.69) is 0 Å². The minimum absolute atomic E-state index is 0.144. The topological polar surface area (TPSA) is 110 Å². The lowest BCUT2D eigenvalue weighted by atomic mass is 9.63. The third-order valence-corrected chi connectivity index (χ3v) is 8.69. The number of halogens is 1. The third kappa shape index (κ3) is 3.40. The van der Waals surface area contributed by atoms with Gasteiger partial charge in [0.1, 0.15) is 11.5 Å². The number of carbonyl (C=O) groups is 3. The maximum Gasteiger partial charge on any atom is 0.269 e. The number of hydrazone groups is 1. The number of ketones is 3. The summed E-state index contributed by atoms with van der Waals surface area (Å²) in [6, 6.07) is 24.2. The molecular weight excluding hydrogens is 542 g/mol. The Morgan fingerprint density at radius 3 is 2.10 bits per heavy atom. The van der Waals surface area contributed by atoms with Gasteiger partial charge in [-0.2, -0.15) is 5.10 Å². The van der Waals surface area contributed by atoms with Gasteiger partial charge in [0.25, 0.3) is 5.69 Å². The first-order valence-electron chi connectivity index (χ1n) is 13.0. The highest BCUT2D eigenvalue weighted by Crippen LogP contribution is 2.64. The molecule has 1 spiro atoms. The van der Waals surface area contributed by atoms with Crippen LogP contribution in [0.4, 0.5) is 5.69 Å². The Hall–Kier alpha value is -4.95. The number of fused-ring (bicyclic) bond motifs is 5. The van der Waals surface area contributed by atoms with Crippen molar-refractivity contribution in [1.29, 1.82) is 0 Å². The zero-order valence-corrected chi connectivity index (χ0v) is 22.1. The Morgan fingerprint density at radius 1 is 0.854 bits per heavy atom. The van der Waals surface area contributed by atoms with Crippen LogP contribution in [0.25, 0.3) is 0 Å². The number of rotatable bonds is 4. The second-order valence-electron chi connectivity index (χ2n) is 10.4. The molecule has 4 aromatic carbocycles. The van der Waals surface area contributed by atoms with Crippen LogP contribution in [0, 0.1) is 15.5 Å². The van der Waals surface area contributed by atoms with Gasteiger partial charge < -0.3 is 0 Å². The summed E-state index contributed by atoms with van der Waals surface area (Å²) in [4.78, 5) is 54.7. The number of hydrogen-bond acceptors (Lipinski definition) is 7. The van der Waals surface area contributed by atoms with Gasteiger partial charge in [-0.25, -0.2) is 0 Å². The number of nitro benzene ring substituents is 1. The predicted molar refractivity (Wildman–Crippen MR) is 152 cm³/mol. The molecule has 0 radical (unpaired) electrons. The lowest BCUT2D eigenvalue weighted by molar-refractivity contribution is -0.384. The zero-order valence-electron chi connectivity index (χ0n) is 21.3. The van der Waals surface area contributed by atoms with Gasteiger partial charge in [0.15, 0.2) is 17.3 Å². The van der Waals surface area contributed by atoms with Gasteiger partial charge in [-0.05, 0) is 41.0 Å². The molecule has 41 heavy (non-hydrogen) atoms. The van der Waals surface area contributed by atoms with Gasteiger partial charge in [-0.3, -0.25) is 29.5 Å². The van der Waals surface area contributed by atoms with Gasteiger partial charge in [0.05, 0.1) is 17.2 Å². The maximum atomic E-state index is 14.7. The van der Waals surface area contributed by atoms with E-state index in [9.17, 15) is 24.5 Å². The summed E-state index contributed by atoms with van der Waals surface area (Å²) in [7, 11) is 0. The van der Waals surface area contributed by atoms with Gasteiger partial charge >= 0.3 is 0 Å². The molecule has 0 aromatic heterocycles. The molecule has 3 aliphatic rings. The standard InChI is InChI=1S/C32H20ClN3O5/c33-21-13-9-19(10-14-21)28(37)27-26(18-11-15-22(16-12-18)36(40)41)32(30(38)24-7-3-4-8-25(24)31(32)39)29-23-6-2-1-5-20(23)17-34-35(27)29/h1-17,26-27,29H/t26-,27+,29-/m0/s1. The molecule has 8 nitrogen and oxygen atoms in total.